The standard InChI is InChI=1S/C19H14N4O3S/c1-12-2-3-13-9-14(10-20)19(22-17(13)8-12)27-11-18(24)21-15-4-6-16(7-5-15)23(25)26/h2-9H,11H2,1H3,(H,21,24). The number of pyridine rings is 1. The van der Waals surface area contributed by atoms with Crippen LogP contribution in [0, 0.1) is 28.4 Å². The number of non-ortho nitro benzene ring substituents is 1. The molecule has 0 unspecified atom stereocenters. The topological polar surface area (TPSA) is 109 Å². The van der Waals surface area contributed by atoms with Gasteiger partial charge < -0.3 is 5.32 Å². The van der Waals surface area contributed by atoms with E-state index >= 15 is 0 Å². The first-order valence-corrected chi connectivity index (χ1v) is 8.93. The lowest BCUT2D eigenvalue weighted by Crippen LogP contribution is -2.14. The second-order valence-electron chi connectivity index (χ2n) is 5.79. The molecular formula is C19H14N4O3S. The largest absolute Gasteiger partial charge is 0.325 e. The van der Waals surface area contributed by atoms with E-state index in [1.54, 1.807) is 6.07 Å². The number of carbonyl (C=O) groups is 1. The summed E-state index contributed by atoms with van der Waals surface area (Å²) in [5, 5.41) is 24.0. The summed E-state index contributed by atoms with van der Waals surface area (Å²) in [6.45, 7) is 1.96. The van der Waals surface area contributed by atoms with Crippen molar-refractivity contribution in [1.82, 2.24) is 4.98 Å². The molecule has 1 aromatic heterocycles. The zero-order valence-electron chi connectivity index (χ0n) is 14.3. The minimum atomic E-state index is -0.502. The van der Waals surface area contributed by atoms with Gasteiger partial charge in [-0.25, -0.2) is 4.98 Å². The Morgan fingerprint density at radius 3 is 2.67 bits per heavy atom. The molecule has 134 valence electrons. The highest BCUT2D eigenvalue weighted by molar-refractivity contribution is 8.00. The van der Waals surface area contributed by atoms with Gasteiger partial charge in [-0.15, -0.1) is 0 Å². The van der Waals surface area contributed by atoms with Crippen molar-refractivity contribution in [1.29, 1.82) is 5.26 Å². The van der Waals surface area contributed by atoms with Gasteiger partial charge in [-0.3, -0.25) is 14.9 Å². The number of benzene rings is 2. The number of nitro groups is 1. The summed E-state index contributed by atoms with van der Waals surface area (Å²) < 4.78 is 0. The number of nitrogens with zero attached hydrogens (tertiary/aromatic N) is 3. The highest BCUT2D eigenvalue weighted by atomic mass is 32.2. The first-order chi connectivity index (χ1) is 13.0. The smallest absolute Gasteiger partial charge is 0.269 e. The second-order valence-corrected chi connectivity index (χ2v) is 6.75. The number of nitro benzene ring substituents is 1. The molecule has 0 bridgehead atoms. The lowest BCUT2D eigenvalue weighted by Gasteiger charge is -2.07. The van der Waals surface area contributed by atoms with Crippen LogP contribution in [-0.2, 0) is 4.79 Å². The number of anilines is 1. The minimum Gasteiger partial charge on any atom is -0.325 e. The number of thioether (sulfide) groups is 1. The maximum atomic E-state index is 12.1. The lowest BCUT2D eigenvalue weighted by atomic mass is 10.1. The third-order valence-corrected chi connectivity index (χ3v) is 4.75. The van der Waals surface area contributed by atoms with Crippen LogP contribution in [0.3, 0.4) is 0 Å². The molecule has 3 aromatic rings. The number of rotatable bonds is 5. The van der Waals surface area contributed by atoms with E-state index in [0.29, 0.717) is 16.3 Å². The maximum absolute atomic E-state index is 12.1. The molecule has 1 amide bonds. The summed E-state index contributed by atoms with van der Waals surface area (Å²) in [7, 11) is 0. The minimum absolute atomic E-state index is 0.0447. The number of aromatic nitrogens is 1. The SMILES string of the molecule is Cc1ccc2cc(C#N)c(SCC(=O)Nc3ccc([N+](=O)[O-])cc3)nc2c1. The first-order valence-electron chi connectivity index (χ1n) is 7.95. The van der Waals surface area contributed by atoms with Crippen molar-refractivity contribution < 1.29 is 9.72 Å². The monoisotopic (exact) mass is 378 g/mol. The van der Waals surface area contributed by atoms with Crippen molar-refractivity contribution in [3.05, 3.63) is 69.8 Å². The van der Waals surface area contributed by atoms with Gasteiger partial charge in [0.05, 0.1) is 21.8 Å². The van der Waals surface area contributed by atoms with E-state index in [9.17, 15) is 20.2 Å². The number of amides is 1. The molecule has 0 fully saturated rings. The summed E-state index contributed by atoms with van der Waals surface area (Å²) in [4.78, 5) is 26.8. The molecular weight excluding hydrogens is 364 g/mol. The van der Waals surface area contributed by atoms with Gasteiger partial charge in [-0.2, -0.15) is 5.26 Å². The number of hydrogen-bond donors (Lipinski definition) is 1. The fourth-order valence-electron chi connectivity index (χ4n) is 2.45. The Kier molecular flexibility index (Phi) is 5.33. The Bertz CT molecular complexity index is 1070. The van der Waals surface area contributed by atoms with Crippen molar-refractivity contribution in [2.45, 2.75) is 11.9 Å². The van der Waals surface area contributed by atoms with E-state index in [-0.39, 0.29) is 17.3 Å². The molecule has 0 aliphatic heterocycles. The predicted molar refractivity (Wildman–Crippen MR) is 104 cm³/mol. The Labute approximate surface area is 159 Å². The average molecular weight is 378 g/mol. The van der Waals surface area contributed by atoms with E-state index in [2.05, 4.69) is 16.4 Å². The number of aryl methyl sites for hydroxylation is 1. The molecule has 0 aliphatic rings. The number of carbonyl (C=O) groups excluding carboxylic acids is 1. The normalized spacial score (nSPS) is 10.4. The van der Waals surface area contributed by atoms with Gasteiger partial charge in [0, 0.05) is 23.2 Å². The molecule has 0 spiro atoms. The highest BCUT2D eigenvalue weighted by Crippen LogP contribution is 2.25. The summed E-state index contributed by atoms with van der Waals surface area (Å²) in [5.41, 5.74) is 2.67. The quantitative estimate of drug-likeness (QED) is 0.407. The van der Waals surface area contributed by atoms with Crippen LogP contribution < -0.4 is 5.32 Å². The molecule has 0 saturated carbocycles. The third-order valence-electron chi connectivity index (χ3n) is 3.76. The van der Waals surface area contributed by atoms with Crippen LogP contribution in [0.15, 0.2) is 53.6 Å². The van der Waals surface area contributed by atoms with Crippen LogP contribution in [0.5, 0.6) is 0 Å². The summed E-state index contributed by atoms with van der Waals surface area (Å²) >= 11 is 1.17. The number of nitriles is 1. The van der Waals surface area contributed by atoms with Gasteiger partial charge >= 0.3 is 0 Å². The van der Waals surface area contributed by atoms with E-state index in [4.69, 9.17) is 0 Å². The van der Waals surface area contributed by atoms with Gasteiger partial charge in [-0.05, 0) is 36.8 Å². The molecule has 1 heterocycles. The molecule has 8 heteroatoms. The fourth-order valence-corrected chi connectivity index (χ4v) is 3.21. The summed E-state index contributed by atoms with van der Waals surface area (Å²) in [6, 6.07) is 15.3. The molecule has 27 heavy (non-hydrogen) atoms. The zero-order chi connectivity index (χ0) is 19.4. The van der Waals surface area contributed by atoms with E-state index in [1.165, 1.54) is 36.0 Å². The molecule has 0 saturated heterocycles. The van der Waals surface area contributed by atoms with Crippen LogP contribution in [0.1, 0.15) is 11.1 Å². The molecule has 2 aromatic carbocycles. The lowest BCUT2D eigenvalue weighted by molar-refractivity contribution is -0.384. The van der Waals surface area contributed by atoms with E-state index in [0.717, 1.165) is 16.5 Å². The Morgan fingerprint density at radius 2 is 2.00 bits per heavy atom. The second kappa shape index (κ2) is 7.85. The van der Waals surface area contributed by atoms with Crippen molar-refractivity contribution in [3.63, 3.8) is 0 Å². The van der Waals surface area contributed by atoms with Crippen LogP contribution in [-0.4, -0.2) is 21.6 Å². The van der Waals surface area contributed by atoms with Gasteiger partial charge in [-0.1, -0.05) is 23.9 Å². The van der Waals surface area contributed by atoms with Crippen LogP contribution in [0.25, 0.3) is 10.9 Å². The third kappa shape index (κ3) is 4.40. The Morgan fingerprint density at radius 1 is 1.26 bits per heavy atom. The number of fused-ring (bicyclic) bond motifs is 1. The Balaban J connectivity index is 1.71. The van der Waals surface area contributed by atoms with E-state index < -0.39 is 4.92 Å². The first kappa shape index (κ1) is 18.4. The number of nitrogens with one attached hydrogen (secondary N) is 1. The zero-order valence-corrected chi connectivity index (χ0v) is 15.1. The summed E-state index contributed by atoms with van der Waals surface area (Å²) in [5.74, 6) is -0.223. The highest BCUT2D eigenvalue weighted by Gasteiger charge is 2.11. The van der Waals surface area contributed by atoms with E-state index in [1.807, 2.05) is 25.1 Å². The predicted octanol–water partition coefficient (Wildman–Crippen LogP) is 4.05. The molecule has 0 aliphatic carbocycles. The van der Waals surface area contributed by atoms with Crippen LogP contribution in [0.2, 0.25) is 0 Å². The Hall–Kier alpha value is -3.44. The molecule has 3 rings (SSSR count). The van der Waals surface area contributed by atoms with Crippen molar-refractivity contribution in [2.24, 2.45) is 0 Å². The van der Waals surface area contributed by atoms with Gasteiger partial charge in [0.1, 0.15) is 11.1 Å². The molecule has 0 radical (unpaired) electrons. The van der Waals surface area contributed by atoms with Crippen LogP contribution in [0.4, 0.5) is 11.4 Å². The summed E-state index contributed by atoms with van der Waals surface area (Å²) in [6.07, 6.45) is 0. The van der Waals surface area contributed by atoms with Gasteiger partial charge in [0.2, 0.25) is 5.91 Å². The van der Waals surface area contributed by atoms with Gasteiger partial charge in [0.25, 0.3) is 5.69 Å². The van der Waals surface area contributed by atoms with Crippen molar-refractivity contribution in [3.8, 4) is 6.07 Å². The molecule has 7 nitrogen and oxygen atoms in total. The van der Waals surface area contributed by atoms with Gasteiger partial charge in [0.15, 0.2) is 0 Å². The van der Waals surface area contributed by atoms with Crippen molar-refractivity contribution in [2.75, 3.05) is 11.1 Å². The average Bonchev–Trinajstić information content (AvgIpc) is 2.66. The maximum Gasteiger partial charge on any atom is 0.269 e. The van der Waals surface area contributed by atoms with Crippen molar-refractivity contribution >= 4 is 39.9 Å². The van der Waals surface area contributed by atoms with Crippen LogP contribution >= 0.6 is 11.8 Å². The fraction of sp³-hybridized carbons (Fsp3) is 0.105. The molecule has 1 N–H and O–H groups in total. The number of hydrogen-bond acceptors (Lipinski definition) is 6. The molecule has 0 atom stereocenters.